The van der Waals surface area contributed by atoms with Gasteiger partial charge >= 0.3 is 0 Å². The summed E-state index contributed by atoms with van der Waals surface area (Å²) in [4.78, 5) is 0. The third-order valence-electron chi connectivity index (χ3n) is 2.47. The van der Waals surface area contributed by atoms with Gasteiger partial charge in [-0.05, 0) is 24.6 Å². The van der Waals surface area contributed by atoms with Crippen molar-refractivity contribution in [3.05, 3.63) is 34.3 Å². The molecule has 0 saturated carbocycles. The van der Waals surface area contributed by atoms with Gasteiger partial charge in [-0.3, -0.25) is 0 Å². The number of halogens is 1. The van der Waals surface area contributed by atoms with Gasteiger partial charge in [0.15, 0.2) is 6.10 Å². The van der Waals surface area contributed by atoms with Gasteiger partial charge in [-0.2, -0.15) is 5.26 Å². The fourth-order valence-electron chi connectivity index (χ4n) is 1.54. The van der Waals surface area contributed by atoms with E-state index in [0.717, 1.165) is 10.9 Å². The second-order valence-electron chi connectivity index (χ2n) is 3.74. The van der Waals surface area contributed by atoms with Crippen molar-refractivity contribution in [2.45, 2.75) is 25.0 Å². The van der Waals surface area contributed by atoms with E-state index in [9.17, 15) is 0 Å². The summed E-state index contributed by atoms with van der Waals surface area (Å²) in [6.07, 6.45) is 0.574. The molecular weight excluding hydrogens is 242 g/mol. The first kappa shape index (κ1) is 9.70. The highest BCUT2D eigenvalue weighted by Crippen LogP contribution is 2.38. The number of benzene rings is 1. The summed E-state index contributed by atoms with van der Waals surface area (Å²) in [5.74, 6) is 0. The maximum Gasteiger partial charge on any atom is 0.173 e. The summed E-state index contributed by atoms with van der Waals surface area (Å²) in [6, 6.07) is 10.2. The number of ether oxygens (including phenoxy) is 1. The van der Waals surface area contributed by atoms with E-state index in [2.05, 4.69) is 22.0 Å². The van der Waals surface area contributed by atoms with Crippen LogP contribution < -0.4 is 0 Å². The van der Waals surface area contributed by atoms with E-state index in [0.29, 0.717) is 0 Å². The zero-order chi connectivity index (χ0) is 10.2. The lowest BCUT2D eigenvalue weighted by Crippen LogP contribution is -2.12. The Kier molecular flexibility index (Phi) is 2.34. The van der Waals surface area contributed by atoms with Crippen LogP contribution in [-0.2, 0) is 11.2 Å². The molecule has 2 atom stereocenters. The predicted molar refractivity (Wildman–Crippen MR) is 56.7 cm³/mol. The second-order valence-corrected chi connectivity index (χ2v) is 4.66. The Morgan fingerprint density at radius 2 is 2.14 bits per heavy atom. The molecule has 0 radical (unpaired) electrons. The summed E-state index contributed by atoms with van der Waals surface area (Å²) < 4.78 is 6.38. The third kappa shape index (κ3) is 1.82. The SMILES string of the molecule is CC1(Cc2ccc(Br)cc2)OC1C#N. The van der Waals surface area contributed by atoms with Gasteiger partial charge in [0, 0.05) is 10.9 Å². The maximum atomic E-state index is 8.68. The molecule has 0 spiro atoms. The second kappa shape index (κ2) is 3.38. The van der Waals surface area contributed by atoms with Crippen LogP contribution in [0.5, 0.6) is 0 Å². The van der Waals surface area contributed by atoms with Crippen molar-refractivity contribution >= 4 is 15.9 Å². The van der Waals surface area contributed by atoms with Crippen LogP contribution in [0.1, 0.15) is 12.5 Å². The van der Waals surface area contributed by atoms with E-state index in [1.165, 1.54) is 5.56 Å². The van der Waals surface area contributed by atoms with Crippen LogP contribution in [0.25, 0.3) is 0 Å². The highest BCUT2D eigenvalue weighted by molar-refractivity contribution is 9.10. The minimum Gasteiger partial charge on any atom is -0.350 e. The lowest BCUT2D eigenvalue weighted by Gasteiger charge is -2.04. The van der Waals surface area contributed by atoms with Gasteiger partial charge < -0.3 is 4.74 Å². The average Bonchev–Trinajstić information content (AvgIpc) is 2.81. The summed E-state index contributed by atoms with van der Waals surface area (Å²) in [5.41, 5.74) is 0.941. The molecule has 2 unspecified atom stereocenters. The highest BCUT2D eigenvalue weighted by atomic mass is 79.9. The van der Waals surface area contributed by atoms with Crippen molar-refractivity contribution in [2.75, 3.05) is 0 Å². The number of hydrogen-bond acceptors (Lipinski definition) is 2. The van der Waals surface area contributed by atoms with E-state index in [1.54, 1.807) is 0 Å². The molecule has 0 amide bonds. The lowest BCUT2D eigenvalue weighted by atomic mass is 9.98. The van der Waals surface area contributed by atoms with Crippen molar-refractivity contribution in [1.82, 2.24) is 0 Å². The van der Waals surface area contributed by atoms with Crippen molar-refractivity contribution in [2.24, 2.45) is 0 Å². The number of nitriles is 1. The molecule has 2 nitrogen and oxygen atoms in total. The van der Waals surface area contributed by atoms with Crippen molar-refractivity contribution in [3.63, 3.8) is 0 Å². The van der Waals surface area contributed by atoms with Crippen LogP contribution in [0.15, 0.2) is 28.7 Å². The first-order valence-electron chi connectivity index (χ1n) is 4.46. The largest absolute Gasteiger partial charge is 0.350 e. The molecule has 3 heteroatoms. The highest BCUT2D eigenvalue weighted by Gasteiger charge is 2.52. The Hall–Kier alpha value is -0.850. The normalized spacial score (nSPS) is 29.6. The molecule has 2 rings (SSSR count). The van der Waals surface area contributed by atoms with Crippen LogP contribution >= 0.6 is 15.9 Å². The minimum absolute atomic E-state index is 0.230. The molecule has 14 heavy (non-hydrogen) atoms. The molecule has 1 heterocycles. The van der Waals surface area contributed by atoms with E-state index in [1.807, 2.05) is 31.2 Å². The van der Waals surface area contributed by atoms with Crippen LogP contribution in [0.3, 0.4) is 0 Å². The average molecular weight is 252 g/mol. The number of rotatable bonds is 2. The van der Waals surface area contributed by atoms with Gasteiger partial charge in [-0.25, -0.2) is 0 Å². The van der Waals surface area contributed by atoms with Gasteiger partial charge in [0.1, 0.15) is 5.60 Å². The number of epoxide rings is 1. The summed E-state index contributed by atoms with van der Waals surface area (Å²) >= 11 is 3.38. The van der Waals surface area contributed by atoms with Crippen LogP contribution in [0.4, 0.5) is 0 Å². The molecule has 0 N–H and O–H groups in total. The van der Waals surface area contributed by atoms with E-state index < -0.39 is 0 Å². The Morgan fingerprint density at radius 3 is 2.64 bits per heavy atom. The quantitative estimate of drug-likeness (QED) is 0.758. The molecular formula is C11H10BrNO. The van der Waals surface area contributed by atoms with E-state index >= 15 is 0 Å². The summed E-state index contributed by atoms with van der Waals surface area (Å²) in [7, 11) is 0. The van der Waals surface area contributed by atoms with Crippen LogP contribution in [0.2, 0.25) is 0 Å². The topological polar surface area (TPSA) is 36.3 Å². The third-order valence-corrected chi connectivity index (χ3v) is 3.00. The van der Waals surface area contributed by atoms with Crippen LogP contribution in [-0.4, -0.2) is 11.7 Å². The Morgan fingerprint density at radius 1 is 1.50 bits per heavy atom. The van der Waals surface area contributed by atoms with Gasteiger partial charge in [0.05, 0.1) is 6.07 Å². The lowest BCUT2D eigenvalue weighted by molar-refractivity contribution is 0.315. The number of nitrogens with zero attached hydrogens (tertiary/aromatic N) is 1. The fourth-order valence-corrected chi connectivity index (χ4v) is 1.80. The van der Waals surface area contributed by atoms with E-state index in [4.69, 9.17) is 10.00 Å². The summed E-state index contributed by atoms with van der Waals surface area (Å²) in [6.45, 7) is 1.98. The first-order valence-corrected chi connectivity index (χ1v) is 5.25. The van der Waals surface area contributed by atoms with Gasteiger partial charge in [0.25, 0.3) is 0 Å². The fraction of sp³-hybridized carbons (Fsp3) is 0.364. The zero-order valence-electron chi connectivity index (χ0n) is 7.83. The van der Waals surface area contributed by atoms with Crippen molar-refractivity contribution in [3.8, 4) is 6.07 Å². The molecule has 1 saturated heterocycles. The summed E-state index contributed by atoms with van der Waals surface area (Å²) in [5, 5.41) is 8.68. The molecule has 1 aliphatic heterocycles. The molecule has 1 aromatic rings. The van der Waals surface area contributed by atoms with Crippen molar-refractivity contribution in [1.29, 1.82) is 5.26 Å². The van der Waals surface area contributed by atoms with Gasteiger partial charge in [-0.1, -0.05) is 28.1 Å². The van der Waals surface area contributed by atoms with Gasteiger partial charge in [0.2, 0.25) is 0 Å². The van der Waals surface area contributed by atoms with Gasteiger partial charge in [-0.15, -0.1) is 0 Å². The maximum absolute atomic E-state index is 8.68. The monoisotopic (exact) mass is 251 g/mol. The van der Waals surface area contributed by atoms with Crippen molar-refractivity contribution < 1.29 is 4.74 Å². The predicted octanol–water partition coefficient (Wildman–Crippen LogP) is 2.67. The Balaban J connectivity index is 2.06. The molecule has 0 aliphatic carbocycles. The Bertz CT molecular complexity index is 381. The minimum atomic E-state index is -0.261. The standard InChI is InChI=1S/C11H10BrNO/c1-11(10(7-13)14-11)6-8-2-4-9(12)5-3-8/h2-5,10H,6H2,1H3. The molecule has 1 aromatic carbocycles. The molecule has 0 aromatic heterocycles. The molecule has 0 bridgehead atoms. The van der Waals surface area contributed by atoms with Crippen LogP contribution in [0, 0.1) is 11.3 Å². The zero-order valence-corrected chi connectivity index (χ0v) is 9.41. The molecule has 1 fully saturated rings. The molecule has 1 aliphatic rings. The number of hydrogen-bond donors (Lipinski definition) is 0. The smallest absolute Gasteiger partial charge is 0.173 e. The molecule has 72 valence electrons. The Labute approximate surface area is 91.6 Å². The van der Waals surface area contributed by atoms with E-state index in [-0.39, 0.29) is 11.7 Å². The first-order chi connectivity index (χ1) is 6.64.